The zero-order chi connectivity index (χ0) is 21.4. The number of carbonyl (C=O) groups excluding carboxylic acids is 1. The van der Waals surface area contributed by atoms with Crippen molar-refractivity contribution in [2.75, 3.05) is 13.2 Å². The van der Waals surface area contributed by atoms with Gasteiger partial charge in [-0.25, -0.2) is 0 Å². The third-order valence-electron chi connectivity index (χ3n) is 5.38. The van der Waals surface area contributed by atoms with E-state index in [1.807, 2.05) is 0 Å². The minimum absolute atomic E-state index is 0.172. The topological polar surface area (TPSA) is 75.6 Å². The lowest BCUT2D eigenvalue weighted by atomic mass is 10.0. The van der Waals surface area contributed by atoms with Gasteiger partial charge in [-0.2, -0.15) is 0 Å². The molecule has 0 radical (unpaired) electrons. The zero-order valence-corrected chi connectivity index (χ0v) is 20.0. The first-order valence-corrected chi connectivity index (χ1v) is 13.6. The van der Waals surface area contributed by atoms with Crippen molar-refractivity contribution in [2.24, 2.45) is 0 Å². The molecule has 6 heteroatoms. The first-order valence-electron chi connectivity index (χ1n) is 12.3. The monoisotopic (exact) mass is 433 g/mol. The molecule has 0 saturated carbocycles. The summed E-state index contributed by atoms with van der Waals surface area (Å²) >= 11 is 0. The highest BCUT2D eigenvalue weighted by Gasteiger charge is 2.01. The van der Waals surface area contributed by atoms with Crippen molar-refractivity contribution in [2.45, 2.75) is 129 Å². The number of hydrogen-bond acceptors (Lipinski definition) is 3. The van der Waals surface area contributed by atoms with Gasteiger partial charge in [0.2, 0.25) is 5.91 Å². The van der Waals surface area contributed by atoms with Crippen LogP contribution in [0.3, 0.4) is 0 Å². The molecule has 0 rings (SSSR count). The summed E-state index contributed by atoms with van der Waals surface area (Å²) in [4.78, 5) is 20.3. The molecule has 1 amide bonds. The first kappa shape index (κ1) is 28.6. The first-order chi connectivity index (χ1) is 14.2. The van der Waals surface area contributed by atoms with Crippen LogP contribution in [0.4, 0.5) is 0 Å². The van der Waals surface area contributed by atoms with Gasteiger partial charge < -0.3 is 14.7 Å². The van der Waals surface area contributed by atoms with Gasteiger partial charge in [-0.05, 0) is 19.3 Å². The normalized spacial score (nSPS) is 12.2. The maximum Gasteiger partial charge on any atom is 0.316 e. The number of hydrogen-bond donors (Lipinski definition) is 2. The summed E-state index contributed by atoms with van der Waals surface area (Å²) in [5, 5.41) is 2.98. The third kappa shape index (κ3) is 25.6. The van der Waals surface area contributed by atoms with Crippen molar-refractivity contribution >= 4 is 14.2 Å². The molecule has 0 aliphatic heterocycles. The second kappa shape index (κ2) is 23.9. The maximum atomic E-state index is 11.8. The number of carbonyl (C=O) groups is 1. The lowest BCUT2D eigenvalue weighted by molar-refractivity contribution is -0.121. The van der Waals surface area contributed by atoms with Crippen LogP contribution in [0.15, 0.2) is 0 Å². The summed E-state index contributed by atoms with van der Waals surface area (Å²) in [6.07, 6.45) is 23.1. The maximum absolute atomic E-state index is 11.8. The fourth-order valence-corrected chi connectivity index (χ4v) is 3.86. The van der Waals surface area contributed by atoms with Crippen molar-refractivity contribution < 1.29 is 18.8 Å². The van der Waals surface area contributed by atoms with Gasteiger partial charge in [0.1, 0.15) is 0 Å². The average Bonchev–Trinajstić information content (AvgIpc) is 2.70. The molecule has 0 saturated heterocycles. The van der Waals surface area contributed by atoms with E-state index in [1.165, 1.54) is 83.5 Å². The molecule has 0 aromatic rings. The van der Waals surface area contributed by atoms with Crippen LogP contribution in [0.2, 0.25) is 0 Å². The predicted octanol–water partition coefficient (Wildman–Crippen LogP) is 6.93. The molecule has 29 heavy (non-hydrogen) atoms. The quantitative estimate of drug-likeness (QED) is 0.135. The van der Waals surface area contributed by atoms with E-state index in [2.05, 4.69) is 16.8 Å². The van der Waals surface area contributed by atoms with Crippen LogP contribution >= 0.6 is 8.25 Å². The minimum atomic E-state index is -2.77. The molecule has 0 heterocycles. The molecule has 0 aromatic carbocycles. The van der Waals surface area contributed by atoms with Gasteiger partial charge in [0.15, 0.2) is 0 Å². The molecular weight excluding hydrogens is 385 g/mol. The van der Waals surface area contributed by atoms with Gasteiger partial charge in [-0.1, -0.05) is 103 Å². The molecule has 1 unspecified atom stereocenters. The fourth-order valence-electron chi connectivity index (χ4n) is 3.54. The Balaban J connectivity index is 3.15. The van der Waals surface area contributed by atoms with E-state index in [1.54, 1.807) is 0 Å². The average molecular weight is 434 g/mol. The summed E-state index contributed by atoms with van der Waals surface area (Å²) in [7, 11) is -2.77. The van der Waals surface area contributed by atoms with Gasteiger partial charge in [-0.3, -0.25) is 9.36 Å². The smallest absolute Gasteiger partial charge is 0.316 e. The Morgan fingerprint density at radius 2 is 1.17 bits per heavy atom. The van der Waals surface area contributed by atoms with Crippen LogP contribution in [0.5, 0.6) is 0 Å². The molecule has 0 bridgehead atoms. The molecule has 0 aliphatic carbocycles. The number of rotatable bonds is 23. The molecular formula is C23H48NO4P. The van der Waals surface area contributed by atoms with Crippen LogP contribution < -0.4 is 5.32 Å². The summed E-state index contributed by atoms with van der Waals surface area (Å²) in [6, 6.07) is 0. The van der Waals surface area contributed by atoms with E-state index in [9.17, 15) is 9.36 Å². The van der Waals surface area contributed by atoms with E-state index < -0.39 is 8.25 Å². The highest BCUT2D eigenvalue weighted by atomic mass is 31.1. The van der Waals surface area contributed by atoms with Crippen molar-refractivity contribution in [3.63, 3.8) is 0 Å². The largest absolute Gasteiger partial charge is 0.356 e. The van der Waals surface area contributed by atoms with Gasteiger partial charge in [-0.15, -0.1) is 0 Å². The van der Waals surface area contributed by atoms with Crippen molar-refractivity contribution in [1.82, 2.24) is 5.32 Å². The second-order valence-electron chi connectivity index (χ2n) is 8.22. The van der Waals surface area contributed by atoms with Crippen molar-refractivity contribution in [3.05, 3.63) is 0 Å². The van der Waals surface area contributed by atoms with Gasteiger partial charge >= 0.3 is 8.25 Å². The minimum Gasteiger partial charge on any atom is -0.356 e. The lowest BCUT2D eigenvalue weighted by Gasteiger charge is -2.06. The second-order valence-corrected chi connectivity index (χ2v) is 9.05. The Morgan fingerprint density at radius 3 is 1.69 bits per heavy atom. The van der Waals surface area contributed by atoms with Gasteiger partial charge in [0, 0.05) is 13.0 Å². The van der Waals surface area contributed by atoms with E-state index in [-0.39, 0.29) is 5.91 Å². The van der Waals surface area contributed by atoms with Crippen LogP contribution in [-0.2, 0) is 13.9 Å². The van der Waals surface area contributed by atoms with Crippen LogP contribution in [0.25, 0.3) is 0 Å². The molecule has 0 aliphatic rings. The van der Waals surface area contributed by atoms with E-state index >= 15 is 0 Å². The Hall–Kier alpha value is -0.380. The highest BCUT2D eigenvalue weighted by molar-refractivity contribution is 7.32. The van der Waals surface area contributed by atoms with E-state index in [0.717, 1.165) is 38.6 Å². The predicted molar refractivity (Wildman–Crippen MR) is 124 cm³/mol. The van der Waals surface area contributed by atoms with Crippen LogP contribution in [0.1, 0.15) is 129 Å². The van der Waals surface area contributed by atoms with Crippen LogP contribution in [0, 0.1) is 0 Å². The van der Waals surface area contributed by atoms with Gasteiger partial charge in [0.25, 0.3) is 0 Å². The summed E-state index contributed by atoms with van der Waals surface area (Å²) in [5.74, 6) is 0.172. The molecule has 0 fully saturated rings. The molecule has 2 N–H and O–H groups in total. The number of unbranched alkanes of at least 4 members (excludes halogenated alkanes) is 16. The Morgan fingerprint density at radius 1 is 0.724 bits per heavy atom. The number of amides is 1. The molecule has 1 atom stereocenters. The summed E-state index contributed by atoms with van der Waals surface area (Å²) in [6.45, 7) is 3.35. The highest BCUT2D eigenvalue weighted by Crippen LogP contribution is 2.15. The zero-order valence-electron chi connectivity index (χ0n) is 19.0. The Kier molecular flexibility index (Phi) is 23.6. The molecule has 5 nitrogen and oxygen atoms in total. The molecule has 0 spiro atoms. The van der Waals surface area contributed by atoms with E-state index in [0.29, 0.717) is 13.0 Å². The standard InChI is InChI=1S/C23H48NO4P/c1-2-3-4-5-6-7-8-9-10-11-12-13-14-17-20-23(25)24-21-18-15-16-19-22-28-29(26)27/h29H,2-22H2,1H3,(H,24,25)(H,26,27). The third-order valence-corrected chi connectivity index (χ3v) is 5.83. The Bertz CT molecular complexity index is 380. The molecule has 174 valence electrons. The lowest BCUT2D eigenvalue weighted by Crippen LogP contribution is -2.23. The van der Waals surface area contributed by atoms with Crippen LogP contribution in [-0.4, -0.2) is 24.0 Å². The Labute approximate surface area is 180 Å². The fraction of sp³-hybridized carbons (Fsp3) is 0.957. The van der Waals surface area contributed by atoms with Crippen molar-refractivity contribution in [3.8, 4) is 0 Å². The van der Waals surface area contributed by atoms with E-state index in [4.69, 9.17) is 4.89 Å². The molecule has 0 aromatic heterocycles. The SMILES string of the molecule is CCCCCCCCCCCCCCCCC(=O)NCCCCCCO[PH](=O)O. The van der Waals surface area contributed by atoms with Crippen molar-refractivity contribution in [1.29, 1.82) is 0 Å². The summed E-state index contributed by atoms with van der Waals surface area (Å²) < 4.78 is 15.0. The summed E-state index contributed by atoms with van der Waals surface area (Å²) in [5.41, 5.74) is 0. The number of nitrogens with one attached hydrogen (secondary N) is 1. The van der Waals surface area contributed by atoms with Gasteiger partial charge in [0.05, 0.1) is 6.61 Å².